The van der Waals surface area contributed by atoms with Crippen LogP contribution in [0.2, 0.25) is 5.02 Å². The Kier molecular flexibility index (Phi) is 10.2. The van der Waals surface area contributed by atoms with E-state index in [0.29, 0.717) is 51.6 Å². The standard InChI is InChI=1S/C46H41ClN6O5.ClH/c1-49-16-18-50(19-17-49)26-34-20-29-6-2-3-7-31(29)25-51(34)45(55)36-23-43-44(58-28-57-43)24-41(36)52-27-37(35-8-4-5-9-40(35)52)46(56)53(33-11-13-42(54)38(47)22-33)32-10-12-39-30(21-32)14-15-48-39;/h2-15,21-24,27,34,48,54H,16-20,25-26,28H2,1H3;1H/t34-;/m0./s1. The van der Waals surface area contributed by atoms with Crippen LogP contribution >= 0.6 is 24.0 Å². The fourth-order valence-corrected chi connectivity index (χ4v) is 8.82. The summed E-state index contributed by atoms with van der Waals surface area (Å²) >= 11 is 6.45. The Morgan fingerprint density at radius 2 is 1.58 bits per heavy atom. The predicted molar refractivity (Wildman–Crippen MR) is 232 cm³/mol. The van der Waals surface area contributed by atoms with Crippen LogP contribution in [0.15, 0.2) is 116 Å². The number of aromatic hydroxyl groups is 1. The second kappa shape index (κ2) is 15.6. The summed E-state index contributed by atoms with van der Waals surface area (Å²) in [5.41, 5.74) is 6.61. The van der Waals surface area contributed by atoms with E-state index in [-0.39, 0.29) is 47.8 Å². The number of likely N-dealkylation sites (N-methyl/N-ethyl adjacent to an activating group) is 1. The highest BCUT2D eigenvalue weighted by Gasteiger charge is 2.35. The van der Waals surface area contributed by atoms with Gasteiger partial charge in [-0.1, -0.05) is 54.1 Å². The third-order valence-corrected chi connectivity index (χ3v) is 12.1. The number of piperazine rings is 1. The number of nitrogens with zero attached hydrogens (tertiary/aromatic N) is 5. The fraction of sp³-hybridized carbons (Fsp3) is 0.217. The van der Waals surface area contributed by atoms with E-state index in [4.69, 9.17) is 21.1 Å². The van der Waals surface area contributed by atoms with Gasteiger partial charge in [-0.15, -0.1) is 12.4 Å². The summed E-state index contributed by atoms with van der Waals surface area (Å²) in [4.78, 5) is 42.1. The van der Waals surface area contributed by atoms with E-state index in [1.54, 1.807) is 29.3 Å². The minimum absolute atomic E-state index is 0. The van der Waals surface area contributed by atoms with Crippen molar-refractivity contribution in [2.24, 2.45) is 0 Å². The van der Waals surface area contributed by atoms with Crippen molar-refractivity contribution >= 4 is 69.0 Å². The van der Waals surface area contributed by atoms with Gasteiger partial charge in [0.2, 0.25) is 6.79 Å². The van der Waals surface area contributed by atoms with Crippen molar-refractivity contribution in [1.82, 2.24) is 24.3 Å². The SMILES string of the molecule is CN1CCN(C[C@@H]2Cc3ccccc3CN2C(=O)c2cc3c(cc2-n2cc(C(=O)N(c4ccc(O)c(Cl)c4)c4ccc5[nH]ccc5c4)c4ccccc42)OCO3)CC1.Cl. The number of hydrogen-bond acceptors (Lipinski definition) is 7. The number of phenolic OH excluding ortho intramolecular Hbond substituents is 1. The number of rotatable bonds is 7. The Morgan fingerprint density at radius 1 is 0.847 bits per heavy atom. The summed E-state index contributed by atoms with van der Waals surface area (Å²) in [6.07, 6.45) is 4.41. The number of aromatic nitrogens is 2. The molecule has 13 heteroatoms. The zero-order valence-electron chi connectivity index (χ0n) is 32.3. The highest BCUT2D eigenvalue weighted by molar-refractivity contribution is 6.32. The van der Waals surface area contributed by atoms with Crippen LogP contribution in [0.5, 0.6) is 17.2 Å². The lowest BCUT2D eigenvalue weighted by Crippen LogP contribution is -2.53. The minimum Gasteiger partial charge on any atom is -0.506 e. The van der Waals surface area contributed by atoms with Gasteiger partial charge in [-0.3, -0.25) is 19.4 Å². The molecule has 5 aromatic carbocycles. The quantitative estimate of drug-likeness (QED) is 0.166. The third kappa shape index (κ3) is 7.03. The average molecular weight is 830 g/mol. The molecular formula is C46H42Cl2N6O5. The molecule has 2 aromatic heterocycles. The number of halogens is 2. The zero-order chi connectivity index (χ0) is 39.5. The van der Waals surface area contributed by atoms with Crippen LogP contribution in [0.3, 0.4) is 0 Å². The molecule has 0 spiro atoms. The first-order valence-corrected chi connectivity index (χ1v) is 19.9. The average Bonchev–Trinajstić information content (AvgIpc) is 4.01. The number of H-pyrrole nitrogens is 1. The number of anilines is 2. The molecule has 1 saturated heterocycles. The van der Waals surface area contributed by atoms with Gasteiger partial charge in [0.15, 0.2) is 11.5 Å². The molecule has 7 aromatic rings. The topological polar surface area (TPSA) is 107 Å². The first-order chi connectivity index (χ1) is 28.3. The molecule has 10 rings (SSSR count). The monoisotopic (exact) mass is 828 g/mol. The Balaban J connectivity index is 0.00000449. The molecule has 0 unspecified atom stereocenters. The summed E-state index contributed by atoms with van der Waals surface area (Å²) in [5.74, 6) is 0.505. The number of phenols is 1. The number of para-hydroxylation sites is 1. The van der Waals surface area contributed by atoms with E-state index in [9.17, 15) is 5.11 Å². The van der Waals surface area contributed by atoms with Crippen LogP contribution < -0.4 is 14.4 Å². The smallest absolute Gasteiger partial charge is 0.265 e. The van der Waals surface area contributed by atoms with Crippen LogP contribution in [-0.4, -0.2) is 93.8 Å². The molecule has 0 bridgehead atoms. The van der Waals surface area contributed by atoms with Crippen molar-refractivity contribution < 1.29 is 24.2 Å². The summed E-state index contributed by atoms with van der Waals surface area (Å²) < 4.78 is 13.7. The Bertz CT molecular complexity index is 2740. The first kappa shape index (κ1) is 38.5. The van der Waals surface area contributed by atoms with E-state index in [1.165, 1.54) is 11.6 Å². The van der Waals surface area contributed by atoms with Gasteiger partial charge >= 0.3 is 0 Å². The van der Waals surface area contributed by atoms with Gasteiger partial charge in [0.25, 0.3) is 11.8 Å². The van der Waals surface area contributed by atoms with Crippen LogP contribution in [0, 0.1) is 0 Å². The van der Waals surface area contributed by atoms with Crippen LogP contribution in [0.25, 0.3) is 27.5 Å². The molecule has 3 aliphatic rings. The molecular weight excluding hydrogens is 787 g/mol. The van der Waals surface area contributed by atoms with Crippen LogP contribution in [0.1, 0.15) is 31.8 Å². The molecule has 0 aliphatic carbocycles. The van der Waals surface area contributed by atoms with E-state index >= 15 is 9.59 Å². The Morgan fingerprint density at radius 3 is 2.39 bits per heavy atom. The molecule has 2 N–H and O–H groups in total. The highest BCUT2D eigenvalue weighted by Crippen LogP contribution is 2.41. The molecule has 3 aliphatic heterocycles. The molecule has 0 saturated carbocycles. The van der Waals surface area contributed by atoms with E-state index < -0.39 is 0 Å². The number of amides is 2. The Hall–Kier alpha value is -5.98. The van der Waals surface area contributed by atoms with Crippen LogP contribution in [0.4, 0.5) is 11.4 Å². The van der Waals surface area contributed by atoms with Gasteiger partial charge in [0.1, 0.15) is 5.75 Å². The van der Waals surface area contributed by atoms with Crippen molar-refractivity contribution in [3.63, 3.8) is 0 Å². The third-order valence-electron chi connectivity index (χ3n) is 11.8. The summed E-state index contributed by atoms with van der Waals surface area (Å²) in [6.45, 7) is 5.17. The molecule has 5 heterocycles. The normalized spacial score (nSPS) is 16.6. The van der Waals surface area contributed by atoms with Crippen molar-refractivity contribution in [2.45, 2.75) is 19.0 Å². The zero-order valence-corrected chi connectivity index (χ0v) is 33.9. The molecule has 0 radical (unpaired) electrons. The summed E-state index contributed by atoms with van der Waals surface area (Å²) in [7, 11) is 2.15. The summed E-state index contributed by atoms with van der Waals surface area (Å²) in [5, 5.41) is 12.1. The number of benzene rings is 5. The molecule has 1 atom stereocenters. The molecule has 11 nitrogen and oxygen atoms in total. The Labute approximate surface area is 352 Å². The number of ether oxygens (including phenoxy) is 2. The van der Waals surface area contributed by atoms with Crippen molar-refractivity contribution in [2.75, 3.05) is 51.5 Å². The van der Waals surface area contributed by atoms with Gasteiger partial charge in [0.05, 0.1) is 33.0 Å². The predicted octanol–water partition coefficient (Wildman–Crippen LogP) is 8.41. The number of aromatic amines is 1. The second-order valence-electron chi connectivity index (χ2n) is 15.3. The molecule has 59 heavy (non-hydrogen) atoms. The molecule has 300 valence electrons. The minimum atomic E-state index is -0.319. The van der Waals surface area contributed by atoms with Gasteiger partial charge in [0, 0.05) is 85.7 Å². The highest BCUT2D eigenvalue weighted by atomic mass is 35.5. The van der Waals surface area contributed by atoms with Gasteiger partial charge in [-0.2, -0.15) is 0 Å². The van der Waals surface area contributed by atoms with Gasteiger partial charge in [-0.25, -0.2) is 0 Å². The maximum absolute atomic E-state index is 15.3. The van der Waals surface area contributed by atoms with Crippen molar-refractivity contribution in [1.29, 1.82) is 0 Å². The van der Waals surface area contributed by atoms with Gasteiger partial charge < -0.3 is 33.9 Å². The first-order valence-electron chi connectivity index (χ1n) is 19.5. The fourth-order valence-electron chi connectivity index (χ4n) is 8.64. The van der Waals surface area contributed by atoms with Crippen molar-refractivity contribution in [3.8, 4) is 22.9 Å². The lowest BCUT2D eigenvalue weighted by atomic mass is 9.92. The summed E-state index contributed by atoms with van der Waals surface area (Å²) in [6, 6.07) is 32.1. The number of carbonyl (C=O) groups is 2. The van der Waals surface area contributed by atoms with E-state index in [1.807, 2.05) is 76.3 Å². The number of fused-ring (bicyclic) bond motifs is 4. The van der Waals surface area contributed by atoms with Crippen molar-refractivity contribution in [3.05, 3.63) is 143 Å². The lowest BCUT2D eigenvalue weighted by molar-refractivity contribution is 0.0535. The molecule has 2 amide bonds. The molecule has 1 fully saturated rings. The maximum Gasteiger partial charge on any atom is 0.265 e. The van der Waals surface area contributed by atoms with Crippen LogP contribution in [-0.2, 0) is 13.0 Å². The largest absolute Gasteiger partial charge is 0.506 e. The number of carbonyl (C=O) groups excluding carboxylic acids is 2. The maximum atomic E-state index is 15.3. The van der Waals surface area contributed by atoms with E-state index in [0.717, 1.165) is 61.1 Å². The second-order valence-corrected chi connectivity index (χ2v) is 15.7. The number of nitrogens with one attached hydrogen (secondary N) is 1. The lowest BCUT2D eigenvalue weighted by Gasteiger charge is -2.41. The number of hydrogen-bond donors (Lipinski definition) is 2. The van der Waals surface area contributed by atoms with E-state index in [2.05, 4.69) is 40.0 Å². The van der Waals surface area contributed by atoms with Gasteiger partial charge in [-0.05, 0) is 79.2 Å².